The number of nitrogens with zero attached hydrogens (tertiary/aromatic N) is 2. The largest absolute Gasteiger partial charge is 0.481 e. The summed E-state index contributed by atoms with van der Waals surface area (Å²) in [5, 5.41) is 3.63. The van der Waals surface area contributed by atoms with E-state index in [1.807, 2.05) is 12.3 Å². The second-order valence-electron chi connectivity index (χ2n) is 5.24. The Morgan fingerprint density at radius 2 is 2.37 bits per heavy atom. The summed E-state index contributed by atoms with van der Waals surface area (Å²) in [4.78, 5) is 6.78. The van der Waals surface area contributed by atoms with Gasteiger partial charge < -0.3 is 10.1 Å². The maximum Gasteiger partial charge on any atom is 0.212 e. The Bertz CT molecular complexity index is 366. The normalized spacial score (nSPS) is 20.4. The highest BCUT2D eigenvalue weighted by Gasteiger charge is 2.19. The molecule has 0 saturated carbocycles. The molecule has 1 unspecified atom stereocenters. The van der Waals surface area contributed by atoms with E-state index >= 15 is 0 Å². The van der Waals surface area contributed by atoms with Gasteiger partial charge in [0.05, 0.1) is 7.11 Å². The number of piperidine rings is 1. The molecule has 1 aliphatic heterocycles. The van der Waals surface area contributed by atoms with Gasteiger partial charge in [-0.25, -0.2) is 4.98 Å². The Hall–Kier alpha value is -1.13. The minimum Gasteiger partial charge on any atom is -0.481 e. The van der Waals surface area contributed by atoms with Gasteiger partial charge in [-0.2, -0.15) is 0 Å². The molecule has 1 aromatic rings. The molecule has 0 aliphatic carbocycles. The fourth-order valence-electron chi connectivity index (χ4n) is 2.60. The first-order valence-corrected chi connectivity index (χ1v) is 7.26. The van der Waals surface area contributed by atoms with Crippen molar-refractivity contribution in [3.05, 3.63) is 23.9 Å². The first-order valence-electron chi connectivity index (χ1n) is 7.26. The quantitative estimate of drug-likeness (QED) is 0.852. The van der Waals surface area contributed by atoms with E-state index < -0.39 is 0 Å². The van der Waals surface area contributed by atoms with Gasteiger partial charge in [0, 0.05) is 31.4 Å². The van der Waals surface area contributed by atoms with Crippen molar-refractivity contribution in [1.29, 1.82) is 0 Å². The molecule has 4 nitrogen and oxygen atoms in total. The minimum atomic E-state index is 0.653. The number of pyridine rings is 1. The van der Waals surface area contributed by atoms with Gasteiger partial charge in [0.2, 0.25) is 5.88 Å². The van der Waals surface area contributed by atoms with Gasteiger partial charge in [-0.15, -0.1) is 0 Å². The summed E-state index contributed by atoms with van der Waals surface area (Å²) < 4.78 is 5.09. The van der Waals surface area contributed by atoms with E-state index in [-0.39, 0.29) is 0 Å². The van der Waals surface area contributed by atoms with Gasteiger partial charge in [-0.1, -0.05) is 13.0 Å². The number of likely N-dealkylation sites (tertiary alicyclic amines) is 1. The summed E-state index contributed by atoms with van der Waals surface area (Å²) in [6, 6.07) is 4.70. The highest BCUT2D eigenvalue weighted by molar-refractivity contribution is 5.17. The van der Waals surface area contributed by atoms with E-state index in [1.54, 1.807) is 7.11 Å². The van der Waals surface area contributed by atoms with Crippen LogP contribution in [0.3, 0.4) is 0 Å². The number of methoxy groups -OCH3 is 1. The number of aromatic nitrogens is 1. The van der Waals surface area contributed by atoms with E-state index in [0.29, 0.717) is 11.9 Å². The summed E-state index contributed by atoms with van der Waals surface area (Å²) in [7, 11) is 1.65. The average molecular weight is 263 g/mol. The van der Waals surface area contributed by atoms with E-state index in [0.717, 1.165) is 19.6 Å². The summed E-state index contributed by atoms with van der Waals surface area (Å²) >= 11 is 0. The number of hydrogen-bond donors (Lipinski definition) is 1. The van der Waals surface area contributed by atoms with Gasteiger partial charge in [0.25, 0.3) is 0 Å². The van der Waals surface area contributed by atoms with Gasteiger partial charge in [-0.3, -0.25) is 4.90 Å². The molecule has 1 atom stereocenters. The standard InChI is InChI=1S/C15H25N3O/c1-3-8-16-14-5-4-9-18(12-14)11-13-6-7-15(19-2)17-10-13/h6-7,10,14,16H,3-5,8-9,11-12H2,1-2H3. The molecule has 19 heavy (non-hydrogen) atoms. The van der Waals surface area contributed by atoms with Crippen molar-refractivity contribution in [2.75, 3.05) is 26.7 Å². The van der Waals surface area contributed by atoms with E-state index in [1.165, 1.54) is 31.4 Å². The van der Waals surface area contributed by atoms with Crippen molar-refractivity contribution in [2.24, 2.45) is 0 Å². The van der Waals surface area contributed by atoms with Crippen LogP contribution in [-0.4, -0.2) is 42.7 Å². The molecule has 0 radical (unpaired) electrons. The maximum atomic E-state index is 5.09. The molecule has 1 saturated heterocycles. The third-order valence-corrected chi connectivity index (χ3v) is 3.60. The van der Waals surface area contributed by atoms with Crippen molar-refractivity contribution in [3.8, 4) is 5.88 Å². The SMILES string of the molecule is CCCNC1CCCN(Cc2ccc(OC)nc2)C1. The zero-order chi connectivity index (χ0) is 13.5. The maximum absolute atomic E-state index is 5.09. The molecule has 4 heteroatoms. The zero-order valence-corrected chi connectivity index (χ0v) is 12.1. The molecule has 0 bridgehead atoms. The van der Waals surface area contributed by atoms with Crippen LogP contribution in [0.25, 0.3) is 0 Å². The summed E-state index contributed by atoms with van der Waals surface area (Å²) in [5.74, 6) is 0.685. The van der Waals surface area contributed by atoms with E-state index in [9.17, 15) is 0 Å². The predicted molar refractivity (Wildman–Crippen MR) is 77.4 cm³/mol. The van der Waals surface area contributed by atoms with Gasteiger partial charge in [0.1, 0.15) is 0 Å². The van der Waals surface area contributed by atoms with Crippen molar-refractivity contribution in [2.45, 2.75) is 38.8 Å². The summed E-state index contributed by atoms with van der Waals surface area (Å²) in [5.41, 5.74) is 1.26. The molecule has 1 aromatic heterocycles. The fourth-order valence-corrected chi connectivity index (χ4v) is 2.60. The Morgan fingerprint density at radius 1 is 1.47 bits per heavy atom. The van der Waals surface area contributed by atoms with Crippen LogP contribution in [0.2, 0.25) is 0 Å². The zero-order valence-electron chi connectivity index (χ0n) is 12.1. The van der Waals surface area contributed by atoms with Crippen molar-refractivity contribution in [1.82, 2.24) is 15.2 Å². The van der Waals surface area contributed by atoms with Gasteiger partial charge in [-0.05, 0) is 37.9 Å². The van der Waals surface area contributed by atoms with Crippen LogP contribution in [0.1, 0.15) is 31.7 Å². The van der Waals surface area contributed by atoms with Crippen LogP contribution in [0.5, 0.6) is 5.88 Å². The Labute approximate surface area is 116 Å². The Balaban J connectivity index is 1.83. The molecular weight excluding hydrogens is 238 g/mol. The lowest BCUT2D eigenvalue weighted by Gasteiger charge is -2.33. The van der Waals surface area contributed by atoms with E-state index in [4.69, 9.17) is 4.74 Å². The van der Waals surface area contributed by atoms with Crippen LogP contribution in [-0.2, 0) is 6.54 Å². The van der Waals surface area contributed by atoms with Crippen molar-refractivity contribution >= 4 is 0 Å². The van der Waals surface area contributed by atoms with Crippen LogP contribution < -0.4 is 10.1 Å². The molecular formula is C15H25N3O. The van der Waals surface area contributed by atoms with Crippen molar-refractivity contribution < 1.29 is 4.74 Å². The summed E-state index contributed by atoms with van der Waals surface area (Å²) in [6.07, 6.45) is 5.71. The van der Waals surface area contributed by atoms with Crippen LogP contribution in [0.4, 0.5) is 0 Å². The molecule has 0 aromatic carbocycles. The molecule has 1 aliphatic rings. The first kappa shape index (κ1) is 14.3. The lowest BCUT2D eigenvalue weighted by molar-refractivity contribution is 0.183. The second kappa shape index (κ2) is 7.46. The average Bonchev–Trinajstić information content (AvgIpc) is 2.46. The monoisotopic (exact) mass is 263 g/mol. The molecule has 0 amide bonds. The molecule has 2 rings (SSSR count). The molecule has 2 heterocycles. The topological polar surface area (TPSA) is 37.4 Å². The van der Waals surface area contributed by atoms with Crippen LogP contribution >= 0.6 is 0 Å². The molecule has 0 spiro atoms. The second-order valence-corrected chi connectivity index (χ2v) is 5.24. The van der Waals surface area contributed by atoms with Gasteiger partial charge in [0.15, 0.2) is 0 Å². The highest BCUT2D eigenvalue weighted by atomic mass is 16.5. The fraction of sp³-hybridized carbons (Fsp3) is 0.667. The highest BCUT2D eigenvalue weighted by Crippen LogP contribution is 2.14. The van der Waals surface area contributed by atoms with Gasteiger partial charge >= 0.3 is 0 Å². The third-order valence-electron chi connectivity index (χ3n) is 3.60. The first-order chi connectivity index (χ1) is 9.31. The Morgan fingerprint density at radius 3 is 3.05 bits per heavy atom. The number of rotatable bonds is 6. The minimum absolute atomic E-state index is 0.653. The van der Waals surface area contributed by atoms with Crippen LogP contribution in [0.15, 0.2) is 18.3 Å². The number of nitrogens with one attached hydrogen (secondary N) is 1. The smallest absolute Gasteiger partial charge is 0.212 e. The molecule has 1 N–H and O–H groups in total. The Kier molecular flexibility index (Phi) is 5.61. The van der Waals surface area contributed by atoms with E-state index in [2.05, 4.69) is 28.2 Å². The third kappa shape index (κ3) is 4.48. The summed E-state index contributed by atoms with van der Waals surface area (Å²) in [6.45, 7) is 6.67. The number of ether oxygens (including phenoxy) is 1. The van der Waals surface area contributed by atoms with Crippen LogP contribution in [0, 0.1) is 0 Å². The number of hydrogen-bond acceptors (Lipinski definition) is 4. The molecule has 1 fully saturated rings. The predicted octanol–water partition coefficient (Wildman–Crippen LogP) is 2.05. The lowest BCUT2D eigenvalue weighted by Crippen LogP contribution is -2.45. The lowest BCUT2D eigenvalue weighted by atomic mass is 10.0. The molecule has 106 valence electrons. The van der Waals surface area contributed by atoms with Crippen molar-refractivity contribution in [3.63, 3.8) is 0 Å².